The van der Waals surface area contributed by atoms with Crippen LogP contribution in [0, 0.1) is 17.9 Å². The van der Waals surface area contributed by atoms with Gasteiger partial charge in [0.15, 0.2) is 0 Å². The molecule has 0 N–H and O–H groups in total. The summed E-state index contributed by atoms with van der Waals surface area (Å²) in [6.45, 7) is 9.14. The van der Waals surface area contributed by atoms with Gasteiger partial charge in [0.2, 0.25) is 5.69 Å². The third-order valence-electron chi connectivity index (χ3n) is 12.5. The van der Waals surface area contributed by atoms with Crippen LogP contribution in [0.15, 0.2) is 164 Å². The van der Waals surface area contributed by atoms with Crippen LogP contribution < -0.4 is 0 Å². The molecule has 0 aliphatic carbocycles. The Morgan fingerprint density at radius 3 is 1.72 bits per heavy atom. The monoisotopic (exact) mass is 761 g/mol. The van der Waals surface area contributed by atoms with Gasteiger partial charge in [0.05, 0.1) is 56.6 Å². The normalized spacial score (nSPS) is 12.0. The highest BCUT2D eigenvalue weighted by molar-refractivity contribution is 6.35. The van der Waals surface area contributed by atoms with Gasteiger partial charge in [-0.05, 0) is 51.6 Å². The quantitative estimate of drug-likeness (QED) is 0.132. The number of hydrogen-bond donors (Lipinski definition) is 0. The summed E-state index contributed by atoms with van der Waals surface area (Å²) in [5, 5.41) is 22.3. The maximum atomic E-state index is 11.7. The minimum atomic E-state index is 0.397. The first-order valence-corrected chi connectivity index (χ1v) is 19.8. The SMILES string of the molecule is [C-]#[N+]c1c(-c2ccccc2)c(C#N)c(-n2c3cccc4c5cncnc5c5cccc2c5c43)c(-c2ccccc2)c1-n1c2cccc3c4ccccc4c4nccc1c4c32. The molecule has 0 aliphatic rings. The molecule has 13 aromatic rings. The molecule has 274 valence electrons. The summed E-state index contributed by atoms with van der Waals surface area (Å²) in [6, 6.07) is 52.5. The standard InChI is InChI=1S/C53H27N7/c1-55-51-43(30-13-4-2-5-14-30)37(27-54)52(59-39-22-11-20-34-38-28-56-29-58-49(38)36-21-12-24-41(59)47(36)45(34)39)44(31-15-6-3-7-16-31)53(51)60-40-23-10-19-33-32-17-8-9-18-35(32)50-48(46(33)40)42(60)25-26-57-50/h2-26,28-29H. The number of aromatic nitrogens is 5. The molecule has 7 nitrogen and oxygen atoms in total. The van der Waals surface area contributed by atoms with Crippen molar-refractivity contribution in [3.8, 4) is 39.7 Å². The first kappa shape index (κ1) is 32.4. The first-order valence-electron chi connectivity index (χ1n) is 19.8. The molecule has 0 bridgehead atoms. The molecule has 4 heterocycles. The van der Waals surface area contributed by atoms with Crippen LogP contribution in [0.25, 0.3) is 125 Å². The summed E-state index contributed by atoms with van der Waals surface area (Å²) < 4.78 is 4.54. The van der Waals surface area contributed by atoms with Crippen molar-refractivity contribution in [1.82, 2.24) is 24.1 Å². The molecule has 0 saturated heterocycles. The van der Waals surface area contributed by atoms with Crippen molar-refractivity contribution in [2.75, 3.05) is 0 Å². The van der Waals surface area contributed by atoms with E-state index in [0.717, 1.165) is 104 Å². The average molecular weight is 762 g/mol. The second kappa shape index (κ2) is 11.9. The van der Waals surface area contributed by atoms with Gasteiger partial charge in [0.1, 0.15) is 12.4 Å². The smallest absolute Gasteiger partial charge is 0.220 e. The Bertz CT molecular complexity index is 3620. The van der Waals surface area contributed by atoms with Gasteiger partial charge in [-0.1, -0.05) is 121 Å². The van der Waals surface area contributed by atoms with Gasteiger partial charge in [0.25, 0.3) is 0 Å². The fourth-order valence-corrected chi connectivity index (χ4v) is 10.2. The molecule has 13 rings (SSSR count). The number of fused-ring (bicyclic) bond motifs is 6. The van der Waals surface area contributed by atoms with E-state index in [1.165, 1.54) is 0 Å². The van der Waals surface area contributed by atoms with Crippen molar-refractivity contribution in [1.29, 1.82) is 5.26 Å². The maximum absolute atomic E-state index is 11.7. The van der Waals surface area contributed by atoms with Gasteiger partial charge in [0, 0.05) is 61.2 Å². The summed E-state index contributed by atoms with van der Waals surface area (Å²) in [5.74, 6) is 0. The van der Waals surface area contributed by atoms with Gasteiger partial charge >= 0.3 is 0 Å². The summed E-state index contributed by atoms with van der Waals surface area (Å²) >= 11 is 0. The van der Waals surface area contributed by atoms with Crippen LogP contribution in [-0.2, 0) is 0 Å². The highest BCUT2D eigenvalue weighted by Gasteiger charge is 2.33. The van der Waals surface area contributed by atoms with Crippen LogP contribution in [0.4, 0.5) is 5.69 Å². The lowest BCUT2D eigenvalue weighted by atomic mass is 9.88. The van der Waals surface area contributed by atoms with Crippen molar-refractivity contribution in [3.63, 3.8) is 0 Å². The topological polar surface area (TPSA) is 76.7 Å². The molecule has 0 amide bonds. The van der Waals surface area contributed by atoms with E-state index in [2.05, 4.69) is 122 Å². The van der Waals surface area contributed by atoms with Gasteiger partial charge in [-0.2, -0.15) is 5.26 Å². The molecule has 9 aromatic carbocycles. The number of pyridine rings is 1. The Morgan fingerprint density at radius 1 is 0.483 bits per heavy atom. The predicted octanol–water partition coefficient (Wildman–Crippen LogP) is 13.3. The van der Waals surface area contributed by atoms with E-state index in [0.29, 0.717) is 28.2 Å². The van der Waals surface area contributed by atoms with Crippen molar-refractivity contribution in [2.45, 2.75) is 0 Å². The lowest BCUT2D eigenvalue weighted by Crippen LogP contribution is -2.08. The van der Waals surface area contributed by atoms with Crippen LogP contribution in [0.5, 0.6) is 0 Å². The molecule has 0 saturated carbocycles. The number of benzene rings is 9. The Balaban J connectivity index is 1.33. The summed E-state index contributed by atoms with van der Waals surface area (Å²) in [4.78, 5) is 18.8. The lowest BCUT2D eigenvalue weighted by Gasteiger charge is -2.25. The molecular weight excluding hydrogens is 735 g/mol. The second-order valence-electron chi connectivity index (χ2n) is 15.3. The molecule has 7 heteroatoms. The Labute approximate surface area is 341 Å². The van der Waals surface area contributed by atoms with Gasteiger partial charge in [-0.25, -0.2) is 14.8 Å². The third kappa shape index (κ3) is 4.02. The largest absolute Gasteiger partial charge is 0.318 e. The molecule has 60 heavy (non-hydrogen) atoms. The van der Waals surface area contributed by atoms with E-state index in [9.17, 15) is 5.26 Å². The zero-order valence-corrected chi connectivity index (χ0v) is 31.7. The molecule has 0 radical (unpaired) electrons. The van der Waals surface area contributed by atoms with E-state index in [1.807, 2.05) is 60.9 Å². The van der Waals surface area contributed by atoms with Crippen LogP contribution in [0.2, 0.25) is 0 Å². The fourth-order valence-electron chi connectivity index (χ4n) is 10.2. The van der Waals surface area contributed by atoms with Crippen molar-refractivity contribution in [3.05, 3.63) is 181 Å². The highest BCUT2D eigenvalue weighted by Crippen LogP contribution is 2.54. The average Bonchev–Trinajstić information content (AvgIpc) is 3.84. The van der Waals surface area contributed by atoms with Crippen LogP contribution in [-0.4, -0.2) is 24.1 Å². The molecule has 0 unspecified atom stereocenters. The maximum Gasteiger partial charge on any atom is 0.220 e. The number of rotatable bonds is 4. The van der Waals surface area contributed by atoms with Crippen molar-refractivity contribution in [2.24, 2.45) is 0 Å². The van der Waals surface area contributed by atoms with Gasteiger partial charge < -0.3 is 9.13 Å². The second-order valence-corrected chi connectivity index (χ2v) is 15.3. The van der Waals surface area contributed by atoms with Crippen LogP contribution in [0.1, 0.15) is 5.56 Å². The van der Waals surface area contributed by atoms with Crippen molar-refractivity contribution < 1.29 is 0 Å². The third-order valence-corrected chi connectivity index (χ3v) is 12.5. The fraction of sp³-hybridized carbons (Fsp3) is 0. The van der Waals surface area contributed by atoms with E-state index in [1.54, 1.807) is 6.33 Å². The van der Waals surface area contributed by atoms with Gasteiger partial charge in [-0.3, -0.25) is 4.98 Å². The Kier molecular flexibility index (Phi) is 6.45. The number of nitriles is 1. The van der Waals surface area contributed by atoms with E-state index in [4.69, 9.17) is 16.5 Å². The minimum Gasteiger partial charge on any atom is -0.318 e. The summed E-state index contributed by atoms with van der Waals surface area (Å²) in [6.07, 6.45) is 5.38. The molecular formula is C53H27N7. The lowest BCUT2D eigenvalue weighted by molar-refractivity contribution is 1.13. The first-order chi connectivity index (χ1) is 29.8. The molecule has 0 atom stereocenters. The van der Waals surface area contributed by atoms with E-state index in [-0.39, 0.29) is 0 Å². The van der Waals surface area contributed by atoms with Crippen LogP contribution >= 0.6 is 0 Å². The molecule has 0 spiro atoms. The van der Waals surface area contributed by atoms with Gasteiger partial charge in [-0.15, -0.1) is 0 Å². The van der Waals surface area contributed by atoms with Crippen molar-refractivity contribution >= 4 is 92.6 Å². The summed E-state index contributed by atoms with van der Waals surface area (Å²) in [5.41, 5.74) is 10.8. The Morgan fingerprint density at radius 2 is 1.03 bits per heavy atom. The summed E-state index contributed by atoms with van der Waals surface area (Å²) in [7, 11) is 0. The van der Waals surface area contributed by atoms with E-state index < -0.39 is 0 Å². The predicted molar refractivity (Wildman–Crippen MR) is 243 cm³/mol. The highest BCUT2D eigenvalue weighted by atomic mass is 15.0. The molecule has 4 aromatic heterocycles. The van der Waals surface area contributed by atoms with Crippen LogP contribution in [0.3, 0.4) is 0 Å². The zero-order chi connectivity index (χ0) is 39.6. The number of hydrogen-bond acceptors (Lipinski definition) is 4. The zero-order valence-electron chi connectivity index (χ0n) is 31.7. The molecule has 0 aliphatic heterocycles. The van der Waals surface area contributed by atoms with E-state index >= 15 is 0 Å². The Hall–Kier alpha value is -8.65. The number of nitrogens with zero attached hydrogens (tertiary/aromatic N) is 7. The minimum absolute atomic E-state index is 0.397. The molecule has 0 fully saturated rings.